The number of para-hydroxylation sites is 3. The van der Waals surface area contributed by atoms with Gasteiger partial charge in [0.2, 0.25) is 0 Å². The van der Waals surface area contributed by atoms with Crippen molar-refractivity contribution in [1.29, 1.82) is 0 Å². The second kappa shape index (κ2) is 11.2. The van der Waals surface area contributed by atoms with E-state index in [1.165, 1.54) is 17.7 Å². The van der Waals surface area contributed by atoms with Gasteiger partial charge in [0.15, 0.2) is 0 Å². The number of anilines is 4. The fourth-order valence-electron chi connectivity index (χ4n) is 5.54. The summed E-state index contributed by atoms with van der Waals surface area (Å²) in [6.07, 6.45) is -2.70. The number of fused-ring (bicyclic) bond motifs is 2. The van der Waals surface area contributed by atoms with Gasteiger partial charge in [0.05, 0.1) is 18.0 Å². The van der Waals surface area contributed by atoms with Crippen LogP contribution in [0.3, 0.4) is 0 Å². The molecule has 0 bridgehead atoms. The third-order valence-corrected chi connectivity index (χ3v) is 7.44. The van der Waals surface area contributed by atoms with E-state index in [2.05, 4.69) is 43.4 Å². The van der Waals surface area contributed by atoms with E-state index in [1.807, 2.05) is 30.3 Å². The van der Waals surface area contributed by atoms with Gasteiger partial charge in [-0.1, -0.05) is 30.3 Å². The van der Waals surface area contributed by atoms with Crippen molar-refractivity contribution in [2.45, 2.75) is 24.6 Å². The maximum Gasteiger partial charge on any atom is 0.573 e. The Labute approximate surface area is 225 Å². The molecule has 3 aromatic rings. The lowest BCUT2D eigenvalue weighted by Crippen LogP contribution is -2.45. The summed E-state index contributed by atoms with van der Waals surface area (Å²) >= 11 is 0. The number of halogens is 3. The number of likely N-dealkylation sites (tertiary alicyclic amines) is 1. The Bertz CT molecular complexity index is 1290. The number of carbonyl (C=O) groups is 1. The number of hydrogen-bond acceptors (Lipinski definition) is 5. The number of rotatable bonds is 7. The first kappa shape index (κ1) is 26.8. The van der Waals surface area contributed by atoms with Gasteiger partial charge in [0, 0.05) is 37.0 Å². The third kappa shape index (κ3) is 6.12. The van der Waals surface area contributed by atoms with Crippen molar-refractivity contribution >= 4 is 28.8 Å². The van der Waals surface area contributed by atoms with Crippen LogP contribution in [0.15, 0.2) is 72.8 Å². The van der Waals surface area contributed by atoms with Gasteiger partial charge in [-0.15, -0.1) is 13.2 Å². The zero-order valence-corrected chi connectivity index (χ0v) is 21.6. The number of carbonyl (C=O) groups excluding carboxylic acids is 1. The van der Waals surface area contributed by atoms with Crippen molar-refractivity contribution in [1.82, 2.24) is 4.90 Å². The number of amides is 2. The number of benzene rings is 3. The molecule has 2 amide bonds. The van der Waals surface area contributed by atoms with Crippen LogP contribution in [0.4, 0.5) is 40.7 Å². The van der Waals surface area contributed by atoms with E-state index in [0.29, 0.717) is 11.4 Å². The van der Waals surface area contributed by atoms with Gasteiger partial charge < -0.3 is 29.9 Å². The van der Waals surface area contributed by atoms with E-state index in [4.69, 9.17) is 4.74 Å². The third-order valence-electron chi connectivity index (χ3n) is 7.44. The molecule has 1 saturated heterocycles. The van der Waals surface area contributed by atoms with Crippen LogP contribution < -0.4 is 20.3 Å². The fraction of sp³-hybridized carbons (Fsp3) is 0.345. The number of methoxy groups -OCH3 is 1. The van der Waals surface area contributed by atoms with Crippen LogP contribution in [0.1, 0.15) is 18.4 Å². The topological polar surface area (TPSA) is 66.1 Å². The van der Waals surface area contributed by atoms with Crippen molar-refractivity contribution in [3.05, 3.63) is 78.4 Å². The molecule has 0 aliphatic carbocycles. The normalized spacial score (nSPS) is 16.7. The molecule has 10 heteroatoms. The van der Waals surface area contributed by atoms with E-state index >= 15 is 0 Å². The predicted octanol–water partition coefficient (Wildman–Crippen LogP) is 6.36. The van der Waals surface area contributed by atoms with Gasteiger partial charge in [0.25, 0.3) is 0 Å². The first-order valence-corrected chi connectivity index (χ1v) is 12.9. The molecule has 0 aromatic heterocycles. The number of urea groups is 1. The summed E-state index contributed by atoms with van der Waals surface area (Å²) in [5.41, 5.74) is 4.35. The highest BCUT2D eigenvalue weighted by Crippen LogP contribution is 2.50. The minimum Gasteiger partial charge on any atom is -0.406 e. The Hall–Kier alpha value is -3.76. The van der Waals surface area contributed by atoms with Crippen LogP contribution in [0, 0.1) is 0 Å². The lowest BCUT2D eigenvalue weighted by molar-refractivity contribution is -0.274. The predicted molar refractivity (Wildman–Crippen MR) is 145 cm³/mol. The molecule has 2 aliphatic rings. The Morgan fingerprint density at radius 1 is 0.923 bits per heavy atom. The molecule has 39 heavy (non-hydrogen) atoms. The minimum absolute atomic E-state index is 0.0236. The summed E-state index contributed by atoms with van der Waals surface area (Å²) in [7, 11) is 1.73. The second-order valence-corrected chi connectivity index (χ2v) is 9.89. The summed E-state index contributed by atoms with van der Waals surface area (Å²) in [5.74, 6) is -0.357. The van der Waals surface area contributed by atoms with Gasteiger partial charge in [0.1, 0.15) is 5.75 Å². The zero-order valence-electron chi connectivity index (χ0n) is 21.6. The standard InChI is InChI=1S/C29H31F3N4O3/c1-38-19-18-35-16-14-28(15-17-35)20-36(25-8-4-2-6-23(25)28)26-9-5-3-7-24(26)34-27(37)33-21-10-12-22(13-11-21)39-29(30,31)32/h2-13H,14-20H2,1H3,(H2,33,34,37). The molecule has 0 radical (unpaired) electrons. The van der Waals surface area contributed by atoms with Crippen LogP contribution in [-0.2, 0) is 10.2 Å². The molecule has 1 spiro atoms. The monoisotopic (exact) mass is 540 g/mol. The van der Waals surface area contributed by atoms with Crippen molar-refractivity contribution in [3.63, 3.8) is 0 Å². The molecule has 2 N–H and O–H groups in total. The zero-order chi connectivity index (χ0) is 27.5. The number of nitrogens with one attached hydrogen (secondary N) is 2. The molecule has 2 heterocycles. The molecule has 206 valence electrons. The maximum atomic E-state index is 12.9. The number of ether oxygens (including phenoxy) is 2. The van der Waals surface area contributed by atoms with Crippen molar-refractivity contribution in [2.75, 3.05) is 55.4 Å². The highest BCUT2D eigenvalue weighted by molar-refractivity contribution is 6.02. The second-order valence-electron chi connectivity index (χ2n) is 9.89. The van der Waals surface area contributed by atoms with Crippen LogP contribution in [-0.4, -0.2) is 57.2 Å². The molecule has 5 rings (SSSR count). The van der Waals surface area contributed by atoms with E-state index in [1.54, 1.807) is 7.11 Å². The number of hydrogen-bond donors (Lipinski definition) is 2. The summed E-state index contributed by atoms with van der Waals surface area (Å²) in [6.45, 7) is 4.47. The molecular weight excluding hydrogens is 509 g/mol. The molecule has 7 nitrogen and oxygen atoms in total. The number of piperidine rings is 1. The van der Waals surface area contributed by atoms with E-state index in [9.17, 15) is 18.0 Å². The average molecular weight is 541 g/mol. The highest BCUT2D eigenvalue weighted by atomic mass is 19.4. The quantitative estimate of drug-likeness (QED) is 0.365. The summed E-state index contributed by atoms with van der Waals surface area (Å²) in [6, 6.07) is 20.6. The van der Waals surface area contributed by atoms with Gasteiger partial charge >= 0.3 is 12.4 Å². The SMILES string of the molecule is COCCN1CCC2(CC1)CN(c1ccccc1NC(=O)Nc1ccc(OC(F)(F)F)cc1)c1ccccc12. The minimum atomic E-state index is -4.77. The molecule has 3 aromatic carbocycles. The Morgan fingerprint density at radius 2 is 1.59 bits per heavy atom. The van der Waals surface area contributed by atoms with Gasteiger partial charge in [-0.3, -0.25) is 0 Å². The van der Waals surface area contributed by atoms with Crippen LogP contribution in [0.5, 0.6) is 5.75 Å². The molecule has 0 saturated carbocycles. The Morgan fingerprint density at radius 3 is 2.28 bits per heavy atom. The summed E-state index contributed by atoms with van der Waals surface area (Å²) in [4.78, 5) is 17.6. The van der Waals surface area contributed by atoms with Crippen molar-refractivity contribution < 1.29 is 27.4 Å². The Kier molecular flexibility index (Phi) is 7.67. The lowest BCUT2D eigenvalue weighted by atomic mass is 9.74. The number of alkyl halides is 3. The smallest absolute Gasteiger partial charge is 0.406 e. The molecular formula is C29H31F3N4O3. The summed E-state index contributed by atoms with van der Waals surface area (Å²) < 4.78 is 46.4. The van der Waals surface area contributed by atoms with Crippen LogP contribution in [0.2, 0.25) is 0 Å². The first-order valence-electron chi connectivity index (χ1n) is 12.9. The first-order chi connectivity index (χ1) is 18.8. The largest absolute Gasteiger partial charge is 0.573 e. The Balaban J connectivity index is 1.31. The van der Waals surface area contributed by atoms with E-state index in [-0.39, 0.29) is 11.2 Å². The summed E-state index contributed by atoms with van der Waals surface area (Å²) in [5, 5.41) is 5.59. The highest BCUT2D eigenvalue weighted by Gasteiger charge is 2.45. The van der Waals surface area contributed by atoms with E-state index in [0.717, 1.165) is 69.1 Å². The molecule has 2 aliphatic heterocycles. The van der Waals surface area contributed by atoms with Crippen LogP contribution in [0.25, 0.3) is 0 Å². The maximum absolute atomic E-state index is 12.9. The fourth-order valence-corrected chi connectivity index (χ4v) is 5.54. The van der Waals surface area contributed by atoms with Crippen LogP contribution >= 0.6 is 0 Å². The molecule has 1 fully saturated rings. The van der Waals surface area contributed by atoms with E-state index < -0.39 is 12.4 Å². The van der Waals surface area contributed by atoms with Crippen molar-refractivity contribution in [3.8, 4) is 5.75 Å². The molecule has 0 atom stereocenters. The molecule has 0 unspecified atom stereocenters. The van der Waals surface area contributed by atoms with Crippen molar-refractivity contribution in [2.24, 2.45) is 0 Å². The lowest BCUT2D eigenvalue weighted by Gasteiger charge is -2.40. The van der Waals surface area contributed by atoms with Gasteiger partial charge in [-0.2, -0.15) is 0 Å². The average Bonchev–Trinajstić information content (AvgIpc) is 3.23. The number of nitrogens with zero attached hydrogens (tertiary/aromatic N) is 2. The van der Waals surface area contributed by atoms with Gasteiger partial charge in [-0.05, 0) is 74.0 Å². The van der Waals surface area contributed by atoms with Gasteiger partial charge in [-0.25, -0.2) is 4.79 Å².